The number of carbonyl (C=O) groups is 2. The Bertz CT molecular complexity index is 659. The number of aromatic nitrogens is 1. The van der Waals surface area contributed by atoms with Crippen LogP contribution < -0.4 is 5.32 Å². The molecule has 0 saturated carbocycles. The van der Waals surface area contributed by atoms with Gasteiger partial charge in [0.15, 0.2) is 0 Å². The molecule has 0 aliphatic heterocycles. The first-order valence-electron chi connectivity index (χ1n) is 7.02. The van der Waals surface area contributed by atoms with Gasteiger partial charge in [0.1, 0.15) is 0 Å². The Labute approximate surface area is 124 Å². The van der Waals surface area contributed by atoms with Crippen LogP contribution in [0.15, 0.2) is 30.5 Å². The first kappa shape index (κ1) is 15.3. The average molecular weight is 287 g/mol. The molecule has 0 unspecified atom stereocenters. The fourth-order valence-corrected chi connectivity index (χ4v) is 2.32. The van der Waals surface area contributed by atoms with Gasteiger partial charge >= 0.3 is 0 Å². The van der Waals surface area contributed by atoms with Crippen molar-refractivity contribution in [1.29, 1.82) is 0 Å². The molecule has 0 atom stereocenters. The number of hydrogen-bond donors (Lipinski definition) is 1. The largest absolute Gasteiger partial charge is 0.350 e. The highest BCUT2D eigenvalue weighted by atomic mass is 16.2. The molecule has 0 aliphatic carbocycles. The van der Waals surface area contributed by atoms with Gasteiger partial charge in [-0.2, -0.15) is 0 Å². The van der Waals surface area contributed by atoms with E-state index >= 15 is 0 Å². The summed E-state index contributed by atoms with van der Waals surface area (Å²) in [7, 11) is 5.82. The molecule has 0 spiro atoms. The zero-order valence-corrected chi connectivity index (χ0v) is 12.7. The van der Waals surface area contributed by atoms with Crippen molar-refractivity contribution in [1.82, 2.24) is 14.8 Å². The summed E-state index contributed by atoms with van der Waals surface area (Å²) in [5.74, 6) is -1.01. The Balaban J connectivity index is 2.06. The number of hydrogen-bond acceptors (Lipinski definition) is 3. The van der Waals surface area contributed by atoms with E-state index in [1.807, 2.05) is 54.9 Å². The van der Waals surface area contributed by atoms with Gasteiger partial charge in [0.2, 0.25) is 0 Å². The maximum atomic E-state index is 12.3. The second kappa shape index (κ2) is 6.54. The number of carbonyl (C=O) groups excluding carboxylic acids is 2. The fraction of sp³-hybridized carbons (Fsp3) is 0.375. The van der Waals surface area contributed by atoms with Crippen LogP contribution >= 0.6 is 0 Å². The van der Waals surface area contributed by atoms with E-state index in [0.29, 0.717) is 12.1 Å². The van der Waals surface area contributed by atoms with Crippen molar-refractivity contribution in [3.8, 4) is 0 Å². The molecular weight excluding hydrogens is 266 g/mol. The topological polar surface area (TPSA) is 54.3 Å². The Morgan fingerprint density at radius 1 is 1.24 bits per heavy atom. The van der Waals surface area contributed by atoms with E-state index in [0.717, 1.165) is 23.9 Å². The number of nitrogens with zero attached hydrogens (tertiary/aromatic N) is 2. The molecule has 0 radical (unpaired) electrons. The third-order valence-electron chi connectivity index (χ3n) is 3.42. The number of para-hydroxylation sites is 1. The van der Waals surface area contributed by atoms with Gasteiger partial charge in [-0.05, 0) is 33.1 Å². The number of rotatable bonds is 6. The van der Waals surface area contributed by atoms with Crippen molar-refractivity contribution in [2.45, 2.75) is 6.42 Å². The van der Waals surface area contributed by atoms with E-state index in [2.05, 4.69) is 5.32 Å². The summed E-state index contributed by atoms with van der Waals surface area (Å²) in [4.78, 5) is 26.3. The molecule has 2 aromatic rings. The van der Waals surface area contributed by atoms with E-state index in [1.165, 1.54) is 0 Å². The number of ketones is 1. The van der Waals surface area contributed by atoms with Gasteiger partial charge < -0.3 is 14.8 Å². The Kier molecular flexibility index (Phi) is 4.75. The molecule has 5 nitrogen and oxygen atoms in total. The number of aryl methyl sites for hydroxylation is 1. The van der Waals surface area contributed by atoms with Crippen molar-refractivity contribution in [3.05, 3.63) is 36.0 Å². The minimum atomic E-state index is -0.537. The maximum Gasteiger partial charge on any atom is 0.292 e. The highest BCUT2D eigenvalue weighted by molar-refractivity contribution is 6.45. The summed E-state index contributed by atoms with van der Waals surface area (Å²) < 4.78 is 1.86. The highest BCUT2D eigenvalue weighted by Crippen LogP contribution is 2.20. The molecule has 2 rings (SSSR count). The van der Waals surface area contributed by atoms with Gasteiger partial charge in [-0.3, -0.25) is 9.59 Å². The van der Waals surface area contributed by atoms with Crippen molar-refractivity contribution in [2.24, 2.45) is 7.05 Å². The van der Waals surface area contributed by atoms with Crippen LogP contribution in [0.1, 0.15) is 16.8 Å². The Hall–Kier alpha value is -2.14. The second-order valence-corrected chi connectivity index (χ2v) is 5.41. The zero-order valence-electron chi connectivity index (χ0n) is 12.7. The molecule has 1 amide bonds. The van der Waals surface area contributed by atoms with E-state index in [9.17, 15) is 9.59 Å². The molecule has 0 bridgehead atoms. The van der Waals surface area contributed by atoms with E-state index in [-0.39, 0.29) is 0 Å². The molecule has 112 valence electrons. The molecule has 0 aliphatic rings. The normalized spacial score (nSPS) is 11.0. The van der Waals surface area contributed by atoms with Gasteiger partial charge in [0.05, 0.1) is 5.56 Å². The first-order valence-corrected chi connectivity index (χ1v) is 7.02. The lowest BCUT2D eigenvalue weighted by Gasteiger charge is -2.09. The van der Waals surface area contributed by atoms with Gasteiger partial charge in [-0.1, -0.05) is 18.2 Å². The SMILES string of the molecule is CN(C)CCCNC(=O)C(=O)c1cn(C)c2ccccc12. The molecular formula is C16H21N3O2. The first-order chi connectivity index (χ1) is 10.0. The summed E-state index contributed by atoms with van der Waals surface area (Å²) in [6, 6.07) is 7.58. The number of nitrogens with one attached hydrogen (secondary N) is 1. The van der Waals surface area contributed by atoms with Crippen LogP contribution in [0.25, 0.3) is 10.9 Å². The molecule has 0 fully saturated rings. The van der Waals surface area contributed by atoms with Gasteiger partial charge in [0, 0.05) is 30.7 Å². The minimum Gasteiger partial charge on any atom is -0.350 e. The third kappa shape index (κ3) is 3.49. The summed E-state index contributed by atoms with van der Waals surface area (Å²) in [6.45, 7) is 1.39. The van der Waals surface area contributed by atoms with Crippen LogP contribution in [-0.4, -0.2) is 48.3 Å². The monoisotopic (exact) mass is 287 g/mol. The Morgan fingerprint density at radius 2 is 1.95 bits per heavy atom. The number of fused-ring (bicyclic) bond motifs is 1. The molecule has 1 aromatic carbocycles. The third-order valence-corrected chi connectivity index (χ3v) is 3.42. The quantitative estimate of drug-likeness (QED) is 0.497. The van der Waals surface area contributed by atoms with Crippen LogP contribution in [0.3, 0.4) is 0 Å². The van der Waals surface area contributed by atoms with E-state index in [1.54, 1.807) is 6.20 Å². The standard InChI is InChI=1S/C16H21N3O2/c1-18(2)10-6-9-17-16(21)15(20)13-11-19(3)14-8-5-4-7-12(13)14/h4-5,7-8,11H,6,9-10H2,1-3H3,(H,17,21). The van der Waals surface area contributed by atoms with Crippen LogP contribution in [-0.2, 0) is 11.8 Å². The van der Waals surface area contributed by atoms with Crippen molar-refractivity contribution < 1.29 is 9.59 Å². The van der Waals surface area contributed by atoms with Crippen LogP contribution in [0.4, 0.5) is 0 Å². The van der Waals surface area contributed by atoms with Crippen molar-refractivity contribution in [2.75, 3.05) is 27.2 Å². The van der Waals surface area contributed by atoms with Gasteiger partial charge in [0.25, 0.3) is 11.7 Å². The lowest BCUT2D eigenvalue weighted by atomic mass is 10.1. The van der Waals surface area contributed by atoms with Gasteiger partial charge in [-0.25, -0.2) is 0 Å². The van der Waals surface area contributed by atoms with Crippen LogP contribution in [0, 0.1) is 0 Å². The highest BCUT2D eigenvalue weighted by Gasteiger charge is 2.20. The maximum absolute atomic E-state index is 12.3. The Morgan fingerprint density at radius 3 is 2.67 bits per heavy atom. The van der Waals surface area contributed by atoms with Gasteiger partial charge in [-0.15, -0.1) is 0 Å². The smallest absolute Gasteiger partial charge is 0.292 e. The zero-order chi connectivity index (χ0) is 15.4. The van der Waals surface area contributed by atoms with Crippen molar-refractivity contribution in [3.63, 3.8) is 0 Å². The molecule has 1 aromatic heterocycles. The van der Waals surface area contributed by atoms with E-state index in [4.69, 9.17) is 0 Å². The lowest BCUT2D eigenvalue weighted by Crippen LogP contribution is -2.33. The summed E-state index contributed by atoms with van der Waals surface area (Å²) in [5.41, 5.74) is 1.40. The second-order valence-electron chi connectivity index (χ2n) is 5.41. The lowest BCUT2D eigenvalue weighted by molar-refractivity contribution is -0.117. The average Bonchev–Trinajstić information content (AvgIpc) is 2.80. The predicted octanol–water partition coefficient (Wildman–Crippen LogP) is 1.43. The molecule has 1 N–H and O–H groups in total. The minimum absolute atomic E-state index is 0.457. The van der Waals surface area contributed by atoms with Crippen LogP contribution in [0.5, 0.6) is 0 Å². The number of amides is 1. The number of benzene rings is 1. The summed E-state index contributed by atoms with van der Waals surface area (Å²) in [6.07, 6.45) is 2.54. The molecule has 21 heavy (non-hydrogen) atoms. The van der Waals surface area contributed by atoms with Crippen LogP contribution in [0.2, 0.25) is 0 Å². The molecule has 0 saturated heterocycles. The predicted molar refractivity (Wildman–Crippen MR) is 83.4 cm³/mol. The molecule has 5 heteroatoms. The summed E-state index contributed by atoms with van der Waals surface area (Å²) >= 11 is 0. The van der Waals surface area contributed by atoms with E-state index < -0.39 is 11.7 Å². The molecule has 1 heterocycles. The van der Waals surface area contributed by atoms with Crippen molar-refractivity contribution >= 4 is 22.6 Å². The summed E-state index contributed by atoms with van der Waals surface area (Å²) in [5, 5.41) is 3.50. The number of Topliss-reactive ketones (excluding diaryl/α,β-unsaturated/α-hetero) is 1. The fourth-order valence-electron chi connectivity index (χ4n) is 2.32.